The second kappa shape index (κ2) is 13.7. The van der Waals surface area contributed by atoms with Crippen LogP contribution in [-0.2, 0) is 42.7 Å². The average molecular weight is 728 g/mol. The molecule has 0 aromatic carbocycles. The SMILES string of the molecule is C=C1C[C@@H]2CC[C@@]34C[C@@]5(C)O[C@H]6[C@@H](O3)[C@H]3O[C@H](CC[C@@H]3O[C@H]6C5O4)CC(=O)CC3C(C[C@H]4O[C@@H](CCC1O2)C[C@@H](C)C4=C)O[C@H](C[C@H](O)CN)[C@@H]3C. The fourth-order valence-corrected chi connectivity index (χ4v) is 11.7. The highest BCUT2D eigenvalue weighted by Gasteiger charge is 2.73. The summed E-state index contributed by atoms with van der Waals surface area (Å²) < 4.78 is 54.5. The van der Waals surface area contributed by atoms with Crippen molar-refractivity contribution in [2.24, 2.45) is 23.5 Å². The normalized spacial score (nSPS) is 53.8. The first-order chi connectivity index (χ1) is 24.9. The average Bonchev–Trinajstić information content (AvgIpc) is 3.73. The molecule has 52 heavy (non-hydrogen) atoms. The molecule has 12 bridgehead atoms. The van der Waals surface area contributed by atoms with Gasteiger partial charge in [0.1, 0.15) is 41.9 Å². The molecule has 10 aliphatic heterocycles. The maximum Gasteiger partial charge on any atom is 0.172 e. The van der Waals surface area contributed by atoms with Gasteiger partial charge in [0.15, 0.2) is 5.79 Å². The van der Waals surface area contributed by atoms with Crippen molar-refractivity contribution < 1.29 is 47.8 Å². The Kier molecular flexibility index (Phi) is 9.62. The van der Waals surface area contributed by atoms with E-state index in [2.05, 4.69) is 33.9 Å². The van der Waals surface area contributed by atoms with Gasteiger partial charge in [-0.25, -0.2) is 0 Å². The second-order valence-corrected chi connectivity index (χ2v) is 18.3. The fraction of sp³-hybridized carbons (Fsp3) is 0.878. The number of aliphatic hydroxyl groups excluding tert-OH is 1. The van der Waals surface area contributed by atoms with E-state index in [4.69, 9.17) is 43.6 Å². The van der Waals surface area contributed by atoms with E-state index in [9.17, 15) is 9.90 Å². The Hall–Kier alpha value is -1.25. The van der Waals surface area contributed by atoms with Gasteiger partial charge in [0.2, 0.25) is 0 Å². The molecule has 0 amide bonds. The van der Waals surface area contributed by atoms with Crippen molar-refractivity contribution in [2.75, 3.05) is 6.54 Å². The topological polar surface area (TPSA) is 137 Å². The third kappa shape index (κ3) is 6.40. The van der Waals surface area contributed by atoms with Crippen molar-refractivity contribution in [1.82, 2.24) is 0 Å². The lowest BCUT2D eigenvalue weighted by molar-refractivity contribution is -0.294. The number of ketones is 1. The third-order valence-electron chi connectivity index (χ3n) is 14.6. The summed E-state index contributed by atoms with van der Waals surface area (Å²) in [5.74, 6) is -0.272. The first-order valence-corrected chi connectivity index (χ1v) is 20.5. The van der Waals surface area contributed by atoms with Gasteiger partial charge < -0.3 is 48.7 Å². The monoisotopic (exact) mass is 727 g/mol. The van der Waals surface area contributed by atoms with Gasteiger partial charge in [-0.2, -0.15) is 0 Å². The summed E-state index contributed by atoms with van der Waals surface area (Å²) >= 11 is 0. The van der Waals surface area contributed by atoms with Gasteiger partial charge in [-0.05, 0) is 80.8 Å². The molecule has 0 aromatic heterocycles. The fourth-order valence-electron chi connectivity index (χ4n) is 11.7. The molecule has 19 atom stereocenters. The molecule has 10 heterocycles. The minimum absolute atomic E-state index is 0.00566. The van der Waals surface area contributed by atoms with Crippen LogP contribution in [0, 0.1) is 17.8 Å². The standard InChI is InChI=1S/C41H61NO10/c1-20-12-26-6-8-30-21(2)13-28(45-30)10-11-41-19-40(5)39(52-41)38-37(50-40)36(51-41)35-31(49-38)9-7-27(47-35)14-24(43)15-29-23(4)32(16-25(44)18-42)48-34(29)17-33(46-26)22(20)3/h20,23,25-39,44H,2-3,6-19,42H2,1,4-5H3/t20-,23-,25+,26+,27-,28+,29?,30?,31+,32-,33-,34?,35+,36+,37+,38-,39?,40-,41-/m1/s1. The molecular weight excluding hydrogens is 666 g/mol. The first-order valence-electron chi connectivity index (χ1n) is 20.5. The zero-order chi connectivity index (χ0) is 36.1. The lowest BCUT2D eigenvalue weighted by atomic mass is 9.78. The summed E-state index contributed by atoms with van der Waals surface area (Å²) in [5, 5.41) is 10.5. The van der Waals surface area contributed by atoms with Crippen LogP contribution >= 0.6 is 0 Å². The number of hydrogen-bond donors (Lipinski definition) is 2. The van der Waals surface area contributed by atoms with Gasteiger partial charge >= 0.3 is 0 Å². The summed E-state index contributed by atoms with van der Waals surface area (Å²) in [6, 6.07) is 0. The number of ether oxygens (including phenoxy) is 8. The highest BCUT2D eigenvalue weighted by molar-refractivity contribution is 5.79. The predicted octanol–water partition coefficient (Wildman–Crippen LogP) is 4.45. The van der Waals surface area contributed by atoms with Gasteiger partial charge in [-0.15, -0.1) is 0 Å². The third-order valence-corrected chi connectivity index (χ3v) is 14.6. The number of nitrogens with two attached hydrogens (primary N) is 1. The molecule has 10 aliphatic rings. The Bertz CT molecular complexity index is 1410. The molecule has 0 saturated carbocycles. The van der Waals surface area contributed by atoms with Crippen LogP contribution in [0.5, 0.6) is 0 Å². The number of fused-ring (bicyclic) bond motifs is 6. The van der Waals surface area contributed by atoms with Gasteiger partial charge in [-0.1, -0.05) is 27.0 Å². The van der Waals surface area contributed by atoms with E-state index < -0.39 is 17.5 Å². The molecule has 11 nitrogen and oxygen atoms in total. The quantitative estimate of drug-likeness (QED) is 0.399. The van der Waals surface area contributed by atoms with E-state index >= 15 is 0 Å². The molecule has 0 aromatic rings. The van der Waals surface area contributed by atoms with E-state index in [0.717, 1.165) is 56.1 Å². The Morgan fingerprint density at radius 1 is 0.808 bits per heavy atom. The minimum Gasteiger partial charge on any atom is -0.392 e. The Balaban J connectivity index is 0.994. The molecule has 3 N–H and O–H groups in total. The van der Waals surface area contributed by atoms with Crippen molar-refractivity contribution >= 4 is 5.78 Å². The molecule has 4 unspecified atom stereocenters. The number of carbonyl (C=O) groups excluding carboxylic acids is 1. The second-order valence-electron chi connectivity index (χ2n) is 18.3. The molecule has 290 valence electrons. The maximum absolute atomic E-state index is 14.0. The van der Waals surface area contributed by atoms with Crippen LogP contribution in [0.3, 0.4) is 0 Å². The van der Waals surface area contributed by atoms with E-state index in [-0.39, 0.29) is 104 Å². The van der Waals surface area contributed by atoms with E-state index in [1.807, 2.05) is 0 Å². The molecule has 0 radical (unpaired) electrons. The van der Waals surface area contributed by atoms with Crippen LogP contribution in [0.15, 0.2) is 24.3 Å². The number of carbonyl (C=O) groups is 1. The van der Waals surface area contributed by atoms with Crippen molar-refractivity contribution in [3.8, 4) is 0 Å². The van der Waals surface area contributed by atoms with Crippen LogP contribution in [0.2, 0.25) is 0 Å². The zero-order valence-corrected chi connectivity index (χ0v) is 31.3. The van der Waals surface area contributed by atoms with Crippen molar-refractivity contribution in [3.63, 3.8) is 0 Å². The predicted molar refractivity (Wildman–Crippen MR) is 189 cm³/mol. The Morgan fingerprint density at radius 3 is 2.40 bits per heavy atom. The number of rotatable bonds is 3. The molecule has 10 saturated heterocycles. The molecule has 10 rings (SSSR count). The number of aliphatic hydroxyl groups is 1. The summed E-state index contributed by atoms with van der Waals surface area (Å²) in [6.07, 6.45) is 6.17. The van der Waals surface area contributed by atoms with Crippen molar-refractivity contribution in [2.45, 2.75) is 201 Å². The number of hydrogen-bond acceptors (Lipinski definition) is 11. The van der Waals surface area contributed by atoms with Gasteiger partial charge in [0, 0.05) is 45.1 Å². The minimum atomic E-state index is -0.803. The highest BCUT2D eigenvalue weighted by atomic mass is 16.8. The molecule has 0 aliphatic carbocycles. The molecule has 10 fully saturated rings. The molecule has 1 spiro atoms. The summed E-state index contributed by atoms with van der Waals surface area (Å²) in [4.78, 5) is 14.0. The van der Waals surface area contributed by atoms with Crippen molar-refractivity contribution in [3.05, 3.63) is 24.3 Å². The first kappa shape index (κ1) is 36.4. The summed E-state index contributed by atoms with van der Waals surface area (Å²) in [7, 11) is 0. The van der Waals surface area contributed by atoms with Gasteiger partial charge in [0.25, 0.3) is 0 Å². The van der Waals surface area contributed by atoms with E-state index in [1.165, 1.54) is 0 Å². The highest BCUT2D eigenvalue weighted by Crippen LogP contribution is 2.58. The largest absolute Gasteiger partial charge is 0.392 e. The summed E-state index contributed by atoms with van der Waals surface area (Å²) in [5.41, 5.74) is 7.57. The summed E-state index contributed by atoms with van der Waals surface area (Å²) in [6.45, 7) is 15.6. The zero-order valence-electron chi connectivity index (χ0n) is 31.3. The van der Waals surface area contributed by atoms with Crippen LogP contribution in [0.25, 0.3) is 0 Å². The Morgan fingerprint density at radius 2 is 1.58 bits per heavy atom. The van der Waals surface area contributed by atoms with Crippen molar-refractivity contribution in [1.29, 1.82) is 0 Å². The van der Waals surface area contributed by atoms with Gasteiger partial charge in [-0.3, -0.25) is 4.79 Å². The maximum atomic E-state index is 14.0. The lowest BCUT2D eigenvalue weighted by Gasteiger charge is -2.47. The lowest BCUT2D eigenvalue weighted by Crippen LogP contribution is -2.61. The van der Waals surface area contributed by atoms with Crippen LogP contribution < -0.4 is 5.73 Å². The van der Waals surface area contributed by atoms with Crippen LogP contribution in [0.4, 0.5) is 0 Å². The van der Waals surface area contributed by atoms with Gasteiger partial charge in [0.05, 0.1) is 54.9 Å². The van der Waals surface area contributed by atoms with E-state index in [0.29, 0.717) is 44.4 Å². The molecular formula is C41H61NO10. The van der Waals surface area contributed by atoms with Crippen LogP contribution in [0.1, 0.15) is 104 Å². The van der Waals surface area contributed by atoms with Crippen LogP contribution in [-0.4, -0.2) is 114 Å². The number of Topliss-reactive ketones (excluding diaryl/α,β-unsaturated/α-hetero) is 1. The van der Waals surface area contributed by atoms with E-state index in [1.54, 1.807) is 0 Å². The smallest absolute Gasteiger partial charge is 0.172 e. The Labute approximate surface area is 308 Å². The molecule has 11 heteroatoms.